The van der Waals surface area contributed by atoms with Crippen molar-refractivity contribution in [3.63, 3.8) is 0 Å². The van der Waals surface area contributed by atoms with Crippen molar-refractivity contribution in [2.24, 2.45) is 5.92 Å². The van der Waals surface area contributed by atoms with Crippen LogP contribution >= 0.6 is 0 Å². The topological polar surface area (TPSA) is 70.2 Å². The SMILES string of the molecule is CCC(C)C(=O)Nc1ccc(NC(=O)NC(C)C)cc1. The van der Waals surface area contributed by atoms with Gasteiger partial charge in [-0.25, -0.2) is 4.79 Å². The average molecular weight is 277 g/mol. The van der Waals surface area contributed by atoms with Crippen molar-refractivity contribution in [2.75, 3.05) is 10.6 Å². The summed E-state index contributed by atoms with van der Waals surface area (Å²) in [5, 5.41) is 8.30. The summed E-state index contributed by atoms with van der Waals surface area (Å²) >= 11 is 0. The fourth-order valence-electron chi connectivity index (χ4n) is 1.52. The fourth-order valence-corrected chi connectivity index (χ4v) is 1.52. The lowest BCUT2D eigenvalue weighted by atomic mass is 10.1. The molecule has 1 aromatic rings. The van der Waals surface area contributed by atoms with Gasteiger partial charge in [0.15, 0.2) is 0 Å². The molecule has 1 atom stereocenters. The van der Waals surface area contributed by atoms with E-state index in [0.717, 1.165) is 12.1 Å². The zero-order valence-corrected chi connectivity index (χ0v) is 12.5. The highest BCUT2D eigenvalue weighted by atomic mass is 16.2. The minimum Gasteiger partial charge on any atom is -0.336 e. The molecule has 5 heteroatoms. The van der Waals surface area contributed by atoms with Crippen molar-refractivity contribution in [1.82, 2.24) is 5.32 Å². The molecular weight excluding hydrogens is 254 g/mol. The molecule has 110 valence electrons. The zero-order chi connectivity index (χ0) is 15.1. The molecule has 3 N–H and O–H groups in total. The van der Waals surface area contributed by atoms with Gasteiger partial charge in [-0.1, -0.05) is 13.8 Å². The van der Waals surface area contributed by atoms with E-state index in [4.69, 9.17) is 0 Å². The van der Waals surface area contributed by atoms with Gasteiger partial charge in [0, 0.05) is 23.3 Å². The molecule has 0 spiro atoms. The third-order valence-corrected chi connectivity index (χ3v) is 2.89. The highest BCUT2D eigenvalue weighted by Crippen LogP contribution is 2.15. The Morgan fingerprint density at radius 2 is 1.50 bits per heavy atom. The van der Waals surface area contributed by atoms with Crippen LogP contribution in [0, 0.1) is 5.92 Å². The van der Waals surface area contributed by atoms with Gasteiger partial charge in [0.2, 0.25) is 5.91 Å². The summed E-state index contributed by atoms with van der Waals surface area (Å²) < 4.78 is 0. The standard InChI is InChI=1S/C15H23N3O2/c1-5-11(4)14(19)17-12-6-8-13(9-7-12)18-15(20)16-10(2)3/h6-11H,5H2,1-4H3,(H,17,19)(H2,16,18,20). The number of carbonyl (C=O) groups excluding carboxylic acids is 2. The van der Waals surface area contributed by atoms with Crippen molar-refractivity contribution in [3.8, 4) is 0 Å². The van der Waals surface area contributed by atoms with Gasteiger partial charge in [-0.3, -0.25) is 4.79 Å². The Bertz CT molecular complexity index is 455. The molecule has 5 nitrogen and oxygen atoms in total. The van der Waals surface area contributed by atoms with Crippen LogP contribution in [0.4, 0.5) is 16.2 Å². The first kappa shape index (κ1) is 16.0. The number of carbonyl (C=O) groups is 2. The Balaban J connectivity index is 2.56. The van der Waals surface area contributed by atoms with E-state index in [2.05, 4.69) is 16.0 Å². The summed E-state index contributed by atoms with van der Waals surface area (Å²) in [4.78, 5) is 23.3. The van der Waals surface area contributed by atoms with Crippen LogP contribution in [-0.4, -0.2) is 18.0 Å². The Morgan fingerprint density at radius 3 is 1.95 bits per heavy atom. The van der Waals surface area contributed by atoms with Gasteiger partial charge >= 0.3 is 6.03 Å². The number of benzene rings is 1. The predicted octanol–water partition coefficient (Wildman–Crippen LogP) is 3.20. The Kier molecular flexibility index (Phi) is 6.03. The smallest absolute Gasteiger partial charge is 0.319 e. The molecule has 1 rings (SSSR count). The lowest BCUT2D eigenvalue weighted by molar-refractivity contribution is -0.119. The highest BCUT2D eigenvalue weighted by Gasteiger charge is 2.10. The second kappa shape index (κ2) is 7.53. The third kappa shape index (κ3) is 5.30. The third-order valence-electron chi connectivity index (χ3n) is 2.89. The van der Waals surface area contributed by atoms with Crippen molar-refractivity contribution in [3.05, 3.63) is 24.3 Å². The molecular formula is C15H23N3O2. The summed E-state index contributed by atoms with van der Waals surface area (Å²) in [6, 6.07) is 6.90. The first-order valence-corrected chi connectivity index (χ1v) is 6.90. The molecule has 0 heterocycles. The second-order valence-corrected chi connectivity index (χ2v) is 5.13. The highest BCUT2D eigenvalue weighted by molar-refractivity contribution is 5.93. The van der Waals surface area contributed by atoms with Crippen molar-refractivity contribution < 1.29 is 9.59 Å². The summed E-state index contributed by atoms with van der Waals surface area (Å²) in [6.07, 6.45) is 0.806. The molecule has 3 amide bonds. The number of amides is 3. The predicted molar refractivity (Wildman–Crippen MR) is 81.8 cm³/mol. The van der Waals surface area contributed by atoms with E-state index < -0.39 is 0 Å². The van der Waals surface area contributed by atoms with Crippen LogP contribution in [0.3, 0.4) is 0 Å². The van der Waals surface area contributed by atoms with Crippen LogP contribution in [0.25, 0.3) is 0 Å². The van der Waals surface area contributed by atoms with Gasteiger partial charge in [0.05, 0.1) is 0 Å². The Hall–Kier alpha value is -2.04. The van der Waals surface area contributed by atoms with Crippen molar-refractivity contribution in [1.29, 1.82) is 0 Å². The lowest BCUT2D eigenvalue weighted by Crippen LogP contribution is -2.34. The van der Waals surface area contributed by atoms with Crippen LogP contribution in [0.5, 0.6) is 0 Å². The maximum atomic E-state index is 11.7. The Morgan fingerprint density at radius 1 is 1.00 bits per heavy atom. The molecule has 0 aliphatic heterocycles. The molecule has 1 aromatic carbocycles. The zero-order valence-electron chi connectivity index (χ0n) is 12.5. The minimum atomic E-state index is -0.239. The quantitative estimate of drug-likeness (QED) is 0.773. The average Bonchev–Trinajstić information content (AvgIpc) is 2.39. The van der Waals surface area contributed by atoms with Crippen LogP contribution < -0.4 is 16.0 Å². The number of nitrogens with one attached hydrogen (secondary N) is 3. The first-order valence-electron chi connectivity index (χ1n) is 6.90. The van der Waals surface area contributed by atoms with Crippen LogP contribution in [0.1, 0.15) is 34.1 Å². The minimum absolute atomic E-state index is 0.00533. The molecule has 0 fully saturated rings. The molecule has 1 unspecified atom stereocenters. The molecule has 0 aliphatic rings. The number of rotatable bonds is 5. The van der Waals surface area contributed by atoms with Gasteiger partial charge in [0.1, 0.15) is 0 Å². The van der Waals surface area contributed by atoms with Gasteiger partial charge in [-0.2, -0.15) is 0 Å². The molecule has 0 radical (unpaired) electrons. The monoisotopic (exact) mass is 277 g/mol. The van der Waals surface area contributed by atoms with Crippen molar-refractivity contribution in [2.45, 2.75) is 40.2 Å². The normalized spacial score (nSPS) is 11.8. The van der Waals surface area contributed by atoms with E-state index in [0.29, 0.717) is 5.69 Å². The molecule has 0 saturated heterocycles. The van der Waals surface area contributed by atoms with Crippen LogP contribution in [0.15, 0.2) is 24.3 Å². The summed E-state index contributed by atoms with van der Waals surface area (Å²) in [6.45, 7) is 7.66. The molecule has 0 saturated carbocycles. The number of hydrogen-bond donors (Lipinski definition) is 3. The number of urea groups is 1. The maximum absolute atomic E-state index is 11.7. The number of anilines is 2. The maximum Gasteiger partial charge on any atom is 0.319 e. The molecule has 20 heavy (non-hydrogen) atoms. The van der Waals surface area contributed by atoms with E-state index in [1.54, 1.807) is 24.3 Å². The summed E-state index contributed by atoms with van der Waals surface area (Å²) in [5.74, 6) is -0.00428. The number of hydrogen-bond acceptors (Lipinski definition) is 2. The van der Waals surface area contributed by atoms with Gasteiger partial charge < -0.3 is 16.0 Å². The molecule has 0 aliphatic carbocycles. The van der Waals surface area contributed by atoms with E-state index in [-0.39, 0.29) is 23.9 Å². The van der Waals surface area contributed by atoms with Crippen LogP contribution in [0.2, 0.25) is 0 Å². The van der Waals surface area contributed by atoms with E-state index in [1.807, 2.05) is 27.7 Å². The van der Waals surface area contributed by atoms with Gasteiger partial charge in [-0.05, 0) is 44.5 Å². The summed E-state index contributed by atoms with van der Waals surface area (Å²) in [5.41, 5.74) is 1.41. The van der Waals surface area contributed by atoms with Gasteiger partial charge in [0.25, 0.3) is 0 Å². The molecule has 0 bridgehead atoms. The largest absolute Gasteiger partial charge is 0.336 e. The van der Waals surface area contributed by atoms with Crippen LogP contribution in [-0.2, 0) is 4.79 Å². The molecule has 0 aromatic heterocycles. The second-order valence-electron chi connectivity index (χ2n) is 5.13. The first-order chi connectivity index (χ1) is 9.42. The summed E-state index contributed by atoms with van der Waals surface area (Å²) in [7, 11) is 0. The van der Waals surface area contributed by atoms with E-state index in [1.165, 1.54) is 0 Å². The van der Waals surface area contributed by atoms with Gasteiger partial charge in [-0.15, -0.1) is 0 Å². The lowest BCUT2D eigenvalue weighted by Gasteiger charge is -2.12. The van der Waals surface area contributed by atoms with E-state index >= 15 is 0 Å². The Labute approximate surface area is 120 Å². The van der Waals surface area contributed by atoms with Crippen molar-refractivity contribution >= 4 is 23.3 Å². The van der Waals surface area contributed by atoms with E-state index in [9.17, 15) is 9.59 Å². The fraction of sp³-hybridized carbons (Fsp3) is 0.467.